The molecular weight excluding hydrogens is 184 g/mol. The summed E-state index contributed by atoms with van der Waals surface area (Å²) in [5, 5.41) is 3.58. The molecule has 2 fully saturated rings. The van der Waals surface area contributed by atoms with E-state index in [2.05, 4.69) is 17.1 Å². The number of hydrogen-bond donors (Lipinski definition) is 1. The van der Waals surface area contributed by atoms with Gasteiger partial charge in [0.25, 0.3) is 0 Å². The zero-order valence-corrected chi connectivity index (χ0v) is 10.2. The van der Waals surface area contributed by atoms with Crippen LogP contribution >= 0.6 is 0 Å². The van der Waals surface area contributed by atoms with E-state index in [0.717, 1.165) is 12.0 Å². The number of nitrogens with zero attached hydrogens (tertiary/aromatic N) is 1. The van der Waals surface area contributed by atoms with Gasteiger partial charge in [0.15, 0.2) is 0 Å². The van der Waals surface area contributed by atoms with Gasteiger partial charge in [-0.05, 0) is 44.7 Å². The van der Waals surface area contributed by atoms with E-state index < -0.39 is 0 Å². The molecule has 2 unspecified atom stereocenters. The molecule has 2 atom stereocenters. The molecule has 2 rings (SSSR count). The van der Waals surface area contributed by atoms with Crippen molar-refractivity contribution in [2.24, 2.45) is 5.92 Å². The van der Waals surface area contributed by atoms with Crippen LogP contribution in [0, 0.1) is 5.92 Å². The number of rotatable bonds is 3. The van der Waals surface area contributed by atoms with Crippen LogP contribution in [0.4, 0.5) is 0 Å². The van der Waals surface area contributed by atoms with Crippen LogP contribution in [0.25, 0.3) is 0 Å². The summed E-state index contributed by atoms with van der Waals surface area (Å²) in [5.41, 5.74) is 0. The Morgan fingerprint density at radius 3 is 3.07 bits per heavy atom. The minimum absolute atomic E-state index is 0.842. The highest BCUT2D eigenvalue weighted by molar-refractivity contribution is 4.83. The zero-order valence-electron chi connectivity index (χ0n) is 10.2. The normalized spacial score (nSPS) is 34.2. The Hall–Kier alpha value is -0.0800. The molecule has 2 nitrogen and oxygen atoms in total. The molecule has 0 aliphatic carbocycles. The van der Waals surface area contributed by atoms with Crippen LogP contribution in [0.15, 0.2) is 0 Å². The average molecular weight is 210 g/mol. The first-order chi connectivity index (χ1) is 7.40. The fourth-order valence-electron chi connectivity index (χ4n) is 3.15. The third-order valence-corrected chi connectivity index (χ3v) is 4.05. The summed E-state index contributed by atoms with van der Waals surface area (Å²) < 4.78 is 0. The molecule has 88 valence electrons. The standard InChI is InChI=1S/C13H26N2/c1-2-5-12-7-9-15(11-12)13-6-3-4-8-14-10-13/h12-14H,2-11H2,1H3. The van der Waals surface area contributed by atoms with Gasteiger partial charge in [-0.2, -0.15) is 0 Å². The van der Waals surface area contributed by atoms with Crippen LogP contribution in [0.1, 0.15) is 45.4 Å². The van der Waals surface area contributed by atoms with E-state index in [-0.39, 0.29) is 0 Å². The molecule has 0 amide bonds. The lowest BCUT2D eigenvalue weighted by molar-refractivity contribution is 0.221. The highest BCUT2D eigenvalue weighted by atomic mass is 15.2. The first kappa shape index (κ1) is 11.4. The fraction of sp³-hybridized carbons (Fsp3) is 1.00. The Morgan fingerprint density at radius 1 is 1.27 bits per heavy atom. The molecule has 2 heteroatoms. The van der Waals surface area contributed by atoms with E-state index in [1.165, 1.54) is 64.7 Å². The Labute approximate surface area is 94.4 Å². The number of nitrogens with one attached hydrogen (secondary N) is 1. The van der Waals surface area contributed by atoms with Crippen LogP contribution in [0.3, 0.4) is 0 Å². The summed E-state index contributed by atoms with van der Waals surface area (Å²) in [5.74, 6) is 0.998. The summed E-state index contributed by atoms with van der Waals surface area (Å²) in [4.78, 5) is 2.75. The largest absolute Gasteiger partial charge is 0.315 e. The van der Waals surface area contributed by atoms with Crippen molar-refractivity contribution in [2.45, 2.75) is 51.5 Å². The first-order valence-electron chi connectivity index (χ1n) is 6.85. The summed E-state index contributed by atoms with van der Waals surface area (Å²) in [6, 6.07) is 0.842. The molecule has 0 bridgehead atoms. The molecule has 2 aliphatic rings. The third kappa shape index (κ3) is 3.18. The van der Waals surface area contributed by atoms with Gasteiger partial charge in [-0.1, -0.05) is 19.8 Å². The second-order valence-electron chi connectivity index (χ2n) is 5.29. The minimum atomic E-state index is 0.842. The van der Waals surface area contributed by atoms with Crippen LogP contribution < -0.4 is 5.32 Å². The monoisotopic (exact) mass is 210 g/mol. The van der Waals surface area contributed by atoms with Crippen LogP contribution in [0.5, 0.6) is 0 Å². The van der Waals surface area contributed by atoms with Crippen molar-refractivity contribution in [1.29, 1.82) is 0 Å². The number of likely N-dealkylation sites (tertiary alicyclic amines) is 1. The molecule has 0 saturated carbocycles. The smallest absolute Gasteiger partial charge is 0.0220 e. The van der Waals surface area contributed by atoms with Crippen LogP contribution in [0.2, 0.25) is 0 Å². The summed E-state index contributed by atoms with van der Waals surface area (Å²) in [6.45, 7) is 7.52. The van der Waals surface area contributed by atoms with E-state index >= 15 is 0 Å². The van der Waals surface area contributed by atoms with Gasteiger partial charge in [0, 0.05) is 19.1 Å². The molecule has 2 aliphatic heterocycles. The molecular formula is C13H26N2. The van der Waals surface area contributed by atoms with Crippen molar-refractivity contribution in [3.05, 3.63) is 0 Å². The van der Waals surface area contributed by atoms with E-state index in [1.807, 2.05) is 0 Å². The van der Waals surface area contributed by atoms with Gasteiger partial charge >= 0.3 is 0 Å². The SMILES string of the molecule is CCCC1CCN(C2CCCCNC2)C1. The molecule has 0 aromatic rings. The predicted molar refractivity (Wildman–Crippen MR) is 65.1 cm³/mol. The molecule has 2 saturated heterocycles. The highest BCUT2D eigenvalue weighted by Gasteiger charge is 2.27. The summed E-state index contributed by atoms with van der Waals surface area (Å²) >= 11 is 0. The topological polar surface area (TPSA) is 15.3 Å². The van der Waals surface area contributed by atoms with Gasteiger partial charge < -0.3 is 5.32 Å². The second-order valence-corrected chi connectivity index (χ2v) is 5.29. The van der Waals surface area contributed by atoms with Crippen molar-refractivity contribution >= 4 is 0 Å². The summed E-state index contributed by atoms with van der Waals surface area (Å²) in [6.07, 6.45) is 8.48. The molecule has 0 radical (unpaired) electrons. The predicted octanol–water partition coefficient (Wildman–Crippen LogP) is 2.25. The Bertz CT molecular complexity index is 173. The van der Waals surface area contributed by atoms with Crippen molar-refractivity contribution in [1.82, 2.24) is 10.2 Å². The first-order valence-corrected chi connectivity index (χ1v) is 6.85. The van der Waals surface area contributed by atoms with Crippen molar-refractivity contribution in [2.75, 3.05) is 26.2 Å². The van der Waals surface area contributed by atoms with Gasteiger partial charge in [0.2, 0.25) is 0 Å². The van der Waals surface area contributed by atoms with Crippen LogP contribution in [-0.2, 0) is 0 Å². The maximum atomic E-state index is 3.58. The van der Waals surface area contributed by atoms with Gasteiger partial charge in [-0.3, -0.25) is 4.90 Å². The Balaban J connectivity index is 1.78. The highest BCUT2D eigenvalue weighted by Crippen LogP contribution is 2.24. The van der Waals surface area contributed by atoms with E-state index in [9.17, 15) is 0 Å². The van der Waals surface area contributed by atoms with Gasteiger partial charge in [-0.15, -0.1) is 0 Å². The Morgan fingerprint density at radius 2 is 2.20 bits per heavy atom. The van der Waals surface area contributed by atoms with E-state index in [0.29, 0.717) is 0 Å². The lowest BCUT2D eigenvalue weighted by Crippen LogP contribution is -2.39. The molecule has 0 aromatic heterocycles. The molecule has 2 heterocycles. The molecule has 0 spiro atoms. The van der Waals surface area contributed by atoms with Crippen molar-refractivity contribution < 1.29 is 0 Å². The second kappa shape index (κ2) is 5.86. The molecule has 0 aromatic carbocycles. The lowest BCUT2D eigenvalue weighted by atomic mass is 10.0. The number of hydrogen-bond acceptors (Lipinski definition) is 2. The zero-order chi connectivity index (χ0) is 10.5. The maximum absolute atomic E-state index is 3.58. The Kier molecular flexibility index (Phi) is 4.45. The molecule has 15 heavy (non-hydrogen) atoms. The summed E-state index contributed by atoms with van der Waals surface area (Å²) in [7, 11) is 0. The quantitative estimate of drug-likeness (QED) is 0.768. The molecule has 1 N–H and O–H groups in total. The third-order valence-electron chi connectivity index (χ3n) is 4.05. The maximum Gasteiger partial charge on any atom is 0.0220 e. The van der Waals surface area contributed by atoms with Gasteiger partial charge in [0.1, 0.15) is 0 Å². The van der Waals surface area contributed by atoms with E-state index in [1.54, 1.807) is 0 Å². The fourth-order valence-corrected chi connectivity index (χ4v) is 3.15. The van der Waals surface area contributed by atoms with Crippen LogP contribution in [-0.4, -0.2) is 37.1 Å². The lowest BCUT2D eigenvalue weighted by Gasteiger charge is -2.26. The average Bonchev–Trinajstić information content (AvgIpc) is 2.53. The van der Waals surface area contributed by atoms with Gasteiger partial charge in [0.05, 0.1) is 0 Å². The van der Waals surface area contributed by atoms with E-state index in [4.69, 9.17) is 0 Å². The van der Waals surface area contributed by atoms with Gasteiger partial charge in [-0.25, -0.2) is 0 Å². The van der Waals surface area contributed by atoms with Crippen molar-refractivity contribution in [3.63, 3.8) is 0 Å². The minimum Gasteiger partial charge on any atom is -0.315 e. The van der Waals surface area contributed by atoms with Crippen molar-refractivity contribution in [3.8, 4) is 0 Å².